The summed E-state index contributed by atoms with van der Waals surface area (Å²) < 4.78 is 5.40. The second-order valence-corrected chi connectivity index (χ2v) is 4.70. The summed E-state index contributed by atoms with van der Waals surface area (Å²) in [6, 6.07) is 9.96. The van der Waals surface area contributed by atoms with E-state index >= 15 is 0 Å². The van der Waals surface area contributed by atoms with E-state index in [1.54, 1.807) is 7.11 Å². The maximum absolute atomic E-state index is 11.7. The van der Waals surface area contributed by atoms with Crippen LogP contribution < -0.4 is 5.32 Å². The van der Waals surface area contributed by atoms with Gasteiger partial charge in [0.15, 0.2) is 0 Å². The molecular formula is C14H19NO2. The van der Waals surface area contributed by atoms with Gasteiger partial charge in [-0.25, -0.2) is 0 Å². The predicted octanol–water partition coefficient (Wildman–Crippen LogP) is 2.15. The van der Waals surface area contributed by atoms with Crippen LogP contribution in [0, 0.1) is 11.8 Å². The van der Waals surface area contributed by atoms with E-state index in [1.165, 1.54) is 0 Å². The minimum Gasteiger partial charge on any atom is -0.375 e. The van der Waals surface area contributed by atoms with Crippen LogP contribution in [0.1, 0.15) is 25.0 Å². The lowest BCUT2D eigenvalue weighted by Crippen LogP contribution is -2.30. The molecular weight excluding hydrogens is 214 g/mol. The summed E-state index contributed by atoms with van der Waals surface area (Å²) in [5, 5.41) is 2.96. The van der Waals surface area contributed by atoms with Crippen molar-refractivity contribution in [2.75, 3.05) is 13.7 Å². The zero-order valence-electron chi connectivity index (χ0n) is 10.3. The number of carbonyl (C=O) groups is 1. The first kappa shape index (κ1) is 12.1. The van der Waals surface area contributed by atoms with Gasteiger partial charge in [0.25, 0.3) is 0 Å². The molecule has 0 radical (unpaired) electrons. The molecule has 3 nitrogen and oxygen atoms in total. The van der Waals surface area contributed by atoms with E-state index in [4.69, 9.17) is 4.74 Å². The van der Waals surface area contributed by atoms with Crippen LogP contribution in [-0.2, 0) is 9.53 Å². The molecule has 17 heavy (non-hydrogen) atoms. The Labute approximate surface area is 102 Å². The second-order valence-electron chi connectivity index (χ2n) is 4.70. The van der Waals surface area contributed by atoms with Crippen LogP contribution in [0.2, 0.25) is 0 Å². The van der Waals surface area contributed by atoms with Crippen molar-refractivity contribution < 1.29 is 9.53 Å². The molecule has 1 fully saturated rings. The maximum Gasteiger partial charge on any atom is 0.223 e. The van der Waals surface area contributed by atoms with Gasteiger partial charge in [0.1, 0.15) is 0 Å². The molecule has 92 valence electrons. The second kappa shape index (κ2) is 5.32. The van der Waals surface area contributed by atoms with Crippen molar-refractivity contribution in [1.82, 2.24) is 5.32 Å². The molecule has 1 aromatic carbocycles. The Kier molecular flexibility index (Phi) is 3.79. The zero-order valence-corrected chi connectivity index (χ0v) is 10.3. The maximum atomic E-state index is 11.7. The topological polar surface area (TPSA) is 38.3 Å². The van der Waals surface area contributed by atoms with E-state index in [-0.39, 0.29) is 17.9 Å². The summed E-state index contributed by atoms with van der Waals surface area (Å²) in [6.45, 7) is 2.65. The van der Waals surface area contributed by atoms with Crippen LogP contribution in [0.3, 0.4) is 0 Å². The third kappa shape index (κ3) is 3.07. The van der Waals surface area contributed by atoms with Gasteiger partial charge in [-0.2, -0.15) is 0 Å². The molecule has 1 aliphatic rings. The molecule has 1 saturated carbocycles. The van der Waals surface area contributed by atoms with Crippen LogP contribution in [-0.4, -0.2) is 19.6 Å². The predicted molar refractivity (Wildman–Crippen MR) is 66.5 cm³/mol. The van der Waals surface area contributed by atoms with Crippen molar-refractivity contribution in [3.05, 3.63) is 35.9 Å². The minimum absolute atomic E-state index is 0.0609. The largest absolute Gasteiger partial charge is 0.375 e. The van der Waals surface area contributed by atoms with Gasteiger partial charge >= 0.3 is 0 Å². The van der Waals surface area contributed by atoms with Gasteiger partial charge in [0.05, 0.1) is 6.10 Å². The lowest BCUT2D eigenvalue weighted by Gasteiger charge is -2.16. The molecule has 2 rings (SSSR count). The number of ether oxygens (including phenoxy) is 1. The number of carbonyl (C=O) groups excluding carboxylic acids is 1. The summed E-state index contributed by atoms with van der Waals surface area (Å²) in [7, 11) is 1.67. The third-order valence-electron chi connectivity index (χ3n) is 3.36. The van der Waals surface area contributed by atoms with Crippen molar-refractivity contribution in [3.8, 4) is 0 Å². The summed E-state index contributed by atoms with van der Waals surface area (Å²) in [4.78, 5) is 11.7. The van der Waals surface area contributed by atoms with Gasteiger partial charge in [-0.3, -0.25) is 4.79 Å². The van der Waals surface area contributed by atoms with Crippen molar-refractivity contribution in [1.29, 1.82) is 0 Å². The molecule has 0 saturated heterocycles. The Morgan fingerprint density at radius 1 is 1.47 bits per heavy atom. The number of hydrogen-bond donors (Lipinski definition) is 1. The highest BCUT2D eigenvalue weighted by Gasteiger charge is 2.39. The highest BCUT2D eigenvalue weighted by atomic mass is 16.5. The molecule has 0 heterocycles. The highest BCUT2D eigenvalue weighted by molar-refractivity contribution is 5.81. The van der Waals surface area contributed by atoms with Crippen LogP contribution in [0.25, 0.3) is 0 Å². The fourth-order valence-electron chi connectivity index (χ4n) is 2.02. The first-order valence-electron chi connectivity index (χ1n) is 6.08. The van der Waals surface area contributed by atoms with Crippen LogP contribution in [0.5, 0.6) is 0 Å². The van der Waals surface area contributed by atoms with Crippen LogP contribution in [0.15, 0.2) is 30.3 Å². The lowest BCUT2D eigenvalue weighted by molar-refractivity contribution is -0.123. The van der Waals surface area contributed by atoms with Gasteiger partial charge < -0.3 is 10.1 Å². The smallest absolute Gasteiger partial charge is 0.223 e. The van der Waals surface area contributed by atoms with Crippen molar-refractivity contribution in [2.45, 2.75) is 19.4 Å². The number of rotatable bonds is 5. The normalized spacial score (nSPS) is 24.1. The first-order valence-corrected chi connectivity index (χ1v) is 6.08. The number of methoxy groups -OCH3 is 1. The number of hydrogen-bond acceptors (Lipinski definition) is 2. The molecule has 0 bridgehead atoms. The molecule has 1 aromatic rings. The van der Waals surface area contributed by atoms with E-state index in [9.17, 15) is 4.79 Å². The monoisotopic (exact) mass is 233 g/mol. The van der Waals surface area contributed by atoms with Gasteiger partial charge in [-0.15, -0.1) is 0 Å². The third-order valence-corrected chi connectivity index (χ3v) is 3.36. The average Bonchev–Trinajstić information content (AvgIpc) is 3.08. The Morgan fingerprint density at radius 2 is 2.12 bits per heavy atom. The van der Waals surface area contributed by atoms with Crippen LogP contribution >= 0.6 is 0 Å². The average molecular weight is 233 g/mol. The number of amides is 1. The Morgan fingerprint density at radius 3 is 2.65 bits per heavy atom. The molecule has 1 aliphatic carbocycles. The molecule has 3 heteroatoms. The lowest BCUT2D eigenvalue weighted by atomic mass is 10.1. The zero-order chi connectivity index (χ0) is 12.3. The van der Waals surface area contributed by atoms with Gasteiger partial charge in [-0.05, 0) is 17.9 Å². The standard InChI is InChI=1S/C14H19NO2/c1-10-8-12(10)14(16)15-9-13(17-2)11-6-4-3-5-7-11/h3-7,10,12-13H,8-9H2,1-2H3,(H,15,16). The fraction of sp³-hybridized carbons (Fsp3) is 0.500. The van der Waals surface area contributed by atoms with Crippen molar-refractivity contribution in [2.24, 2.45) is 11.8 Å². The Hall–Kier alpha value is -1.35. The summed E-state index contributed by atoms with van der Waals surface area (Å²) in [6.07, 6.45) is 0.962. The van der Waals surface area contributed by atoms with E-state index < -0.39 is 0 Å². The summed E-state index contributed by atoms with van der Waals surface area (Å²) in [5.41, 5.74) is 1.10. The molecule has 1 N–H and O–H groups in total. The highest BCUT2D eigenvalue weighted by Crippen LogP contribution is 2.37. The van der Waals surface area contributed by atoms with E-state index in [1.807, 2.05) is 30.3 Å². The minimum atomic E-state index is -0.0609. The molecule has 3 atom stereocenters. The van der Waals surface area contributed by atoms with E-state index in [0.29, 0.717) is 12.5 Å². The van der Waals surface area contributed by atoms with E-state index in [2.05, 4.69) is 12.2 Å². The Bertz CT molecular complexity index is 377. The van der Waals surface area contributed by atoms with Crippen LogP contribution in [0.4, 0.5) is 0 Å². The molecule has 1 amide bonds. The van der Waals surface area contributed by atoms with Crippen molar-refractivity contribution in [3.63, 3.8) is 0 Å². The summed E-state index contributed by atoms with van der Waals surface area (Å²) in [5.74, 6) is 0.937. The first-order chi connectivity index (χ1) is 8.22. The Balaban J connectivity index is 1.86. The quantitative estimate of drug-likeness (QED) is 0.846. The van der Waals surface area contributed by atoms with Gasteiger partial charge in [0.2, 0.25) is 5.91 Å². The summed E-state index contributed by atoms with van der Waals surface area (Å²) >= 11 is 0. The number of nitrogens with one attached hydrogen (secondary N) is 1. The van der Waals surface area contributed by atoms with E-state index in [0.717, 1.165) is 12.0 Å². The van der Waals surface area contributed by atoms with Gasteiger partial charge in [-0.1, -0.05) is 37.3 Å². The van der Waals surface area contributed by atoms with Gasteiger partial charge in [0, 0.05) is 19.6 Å². The number of benzene rings is 1. The molecule has 0 aromatic heterocycles. The molecule has 0 spiro atoms. The molecule has 3 unspecified atom stereocenters. The van der Waals surface area contributed by atoms with Crippen molar-refractivity contribution >= 4 is 5.91 Å². The molecule has 0 aliphatic heterocycles. The SMILES string of the molecule is COC(CNC(=O)C1CC1C)c1ccccc1. The fourth-order valence-corrected chi connectivity index (χ4v) is 2.02.